The number of carboxylic acids is 1. The number of aromatic nitrogens is 5. The summed E-state index contributed by atoms with van der Waals surface area (Å²) in [5.41, 5.74) is 0.468. The summed E-state index contributed by atoms with van der Waals surface area (Å²) in [6.45, 7) is 1.03. The Morgan fingerprint density at radius 1 is 1.05 bits per heavy atom. The first-order chi connectivity index (χ1) is 18.7. The minimum absolute atomic E-state index is 0.0336. The fourth-order valence-electron chi connectivity index (χ4n) is 4.36. The van der Waals surface area contributed by atoms with E-state index in [2.05, 4.69) is 25.6 Å². The van der Waals surface area contributed by atoms with E-state index in [1.165, 1.54) is 24.5 Å². The molecule has 1 unspecified atom stereocenters. The van der Waals surface area contributed by atoms with E-state index >= 15 is 0 Å². The molecule has 1 fully saturated rings. The highest BCUT2D eigenvalue weighted by Gasteiger charge is 2.37. The van der Waals surface area contributed by atoms with Crippen molar-refractivity contribution in [3.63, 3.8) is 0 Å². The number of carboxylic acid groups (broad SMARTS) is 1. The highest BCUT2D eigenvalue weighted by Crippen LogP contribution is 2.33. The van der Waals surface area contributed by atoms with Gasteiger partial charge in [-0.05, 0) is 61.4 Å². The van der Waals surface area contributed by atoms with E-state index in [1.807, 2.05) is 4.90 Å². The monoisotopic (exact) mass is 537 g/mol. The summed E-state index contributed by atoms with van der Waals surface area (Å²) >= 11 is 0. The predicted molar refractivity (Wildman–Crippen MR) is 134 cm³/mol. The molecule has 0 radical (unpaired) electrons. The number of carbonyl (C=O) groups excluding carboxylic acids is 1. The van der Waals surface area contributed by atoms with Gasteiger partial charge in [-0.25, -0.2) is 4.68 Å². The number of hydrogen-bond acceptors (Lipinski definition) is 7. The van der Waals surface area contributed by atoms with Crippen molar-refractivity contribution in [3.05, 3.63) is 78.2 Å². The van der Waals surface area contributed by atoms with Crippen molar-refractivity contribution < 1.29 is 27.9 Å². The highest BCUT2D eigenvalue weighted by molar-refractivity contribution is 6.04. The Morgan fingerprint density at radius 3 is 2.59 bits per heavy atom. The van der Waals surface area contributed by atoms with Crippen LogP contribution < -0.4 is 10.2 Å². The van der Waals surface area contributed by atoms with Crippen LogP contribution in [0.2, 0.25) is 0 Å². The van der Waals surface area contributed by atoms with Gasteiger partial charge < -0.3 is 15.3 Å². The summed E-state index contributed by atoms with van der Waals surface area (Å²) in [6.07, 6.45) is -0.462. The summed E-state index contributed by atoms with van der Waals surface area (Å²) in [4.78, 5) is 30.1. The maximum atomic E-state index is 13.7. The van der Waals surface area contributed by atoms with Crippen molar-refractivity contribution in [2.45, 2.75) is 19.0 Å². The van der Waals surface area contributed by atoms with Gasteiger partial charge in [0.1, 0.15) is 0 Å². The fraction of sp³-hybridized carbons (Fsp3) is 0.231. The molecule has 5 rings (SSSR count). The van der Waals surface area contributed by atoms with Crippen LogP contribution in [0.3, 0.4) is 0 Å². The summed E-state index contributed by atoms with van der Waals surface area (Å²) in [5, 5.41) is 23.7. The van der Waals surface area contributed by atoms with Crippen LogP contribution in [-0.4, -0.2) is 55.0 Å². The SMILES string of the molecule is O=C(Nc1ccc(-n2nc(-c3cccnc3)cc2C(F)(F)F)nn1)c1cccc(N2CCCC(C(=O)O)C2)c1. The molecule has 1 aromatic carbocycles. The van der Waals surface area contributed by atoms with E-state index in [0.29, 0.717) is 35.3 Å². The zero-order valence-corrected chi connectivity index (χ0v) is 20.3. The van der Waals surface area contributed by atoms with Crippen molar-refractivity contribution in [1.82, 2.24) is 25.0 Å². The first-order valence-electron chi connectivity index (χ1n) is 12.0. The molecule has 0 saturated carbocycles. The summed E-state index contributed by atoms with van der Waals surface area (Å²) < 4.78 is 41.8. The molecule has 1 amide bonds. The Morgan fingerprint density at radius 2 is 1.90 bits per heavy atom. The molecule has 4 aromatic rings. The van der Waals surface area contributed by atoms with E-state index in [9.17, 15) is 27.9 Å². The van der Waals surface area contributed by atoms with Crippen LogP contribution in [-0.2, 0) is 11.0 Å². The first-order valence-corrected chi connectivity index (χ1v) is 12.0. The maximum absolute atomic E-state index is 13.7. The molecule has 0 aliphatic carbocycles. The quantitative estimate of drug-likeness (QED) is 0.373. The van der Waals surface area contributed by atoms with Crippen molar-refractivity contribution in [2.75, 3.05) is 23.3 Å². The average molecular weight is 538 g/mol. The molecule has 39 heavy (non-hydrogen) atoms. The highest BCUT2D eigenvalue weighted by atomic mass is 19.4. The van der Waals surface area contributed by atoms with Crippen molar-refractivity contribution >= 4 is 23.4 Å². The van der Waals surface area contributed by atoms with Crippen molar-refractivity contribution in [2.24, 2.45) is 5.92 Å². The molecular weight excluding hydrogens is 515 g/mol. The minimum Gasteiger partial charge on any atom is -0.481 e. The van der Waals surface area contributed by atoms with Gasteiger partial charge in [0.2, 0.25) is 0 Å². The lowest BCUT2D eigenvalue weighted by atomic mass is 9.97. The number of rotatable bonds is 6. The normalized spacial score (nSPS) is 15.7. The number of nitrogens with zero attached hydrogens (tertiary/aromatic N) is 6. The van der Waals surface area contributed by atoms with Crippen LogP contribution >= 0.6 is 0 Å². The number of alkyl halides is 3. The van der Waals surface area contributed by atoms with E-state index < -0.39 is 29.7 Å². The van der Waals surface area contributed by atoms with Crippen molar-refractivity contribution in [3.8, 4) is 17.1 Å². The largest absolute Gasteiger partial charge is 0.481 e. The zero-order chi connectivity index (χ0) is 27.6. The van der Waals surface area contributed by atoms with E-state index in [-0.39, 0.29) is 17.3 Å². The lowest BCUT2D eigenvalue weighted by Gasteiger charge is -2.32. The Balaban J connectivity index is 1.33. The molecule has 1 atom stereocenters. The van der Waals surface area contributed by atoms with Crippen LogP contribution in [0, 0.1) is 5.92 Å². The molecule has 13 heteroatoms. The number of piperidine rings is 1. The van der Waals surface area contributed by atoms with E-state index in [0.717, 1.165) is 18.2 Å². The molecule has 1 saturated heterocycles. The molecule has 3 aromatic heterocycles. The Kier molecular flexibility index (Phi) is 6.96. The number of benzene rings is 1. The fourth-order valence-corrected chi connectivity index (χ4v) is 4.36. The number of halogens is 3. The maximum Gasteiger partial charge on any atom is 0.433 e. The molecule has 10 nitrogen and oxygen atoms in total. The second-order valence-electron chi connectivity index (χ2n) is 8.97. The lowest BCUT2D eigenvalue weighted by molar-refractivity contribution is -0.143. The molecule has 1 aliphatic heterocycles. The standard InChI is InChI=1S/C26H22F3N7O3/c27-26(28,29)21-13-20(17-5-2-10-30-14-17)34-36(21)23-9-8-22(32-33-23)31-24(37)16-4-1-7-19(12-16)35-11-3-6-18(15-35)25(38)39/h1-2,4-5,7-10,12-14,18H,3,6,11,15H2,(H,38,39)(H,31,32,37). The lowest BCUT2D eigenvalue weighted by Crippen LogP contribution is -2.38. The van der Waals surface area contributed by atoms with Gasteiger partial charge in [-0.2, -0.15) is 18.3 Å². The van der Waals surface area contributed by atoms with Crippen LogP contribution in [0.25, 0.3) is 17.1 Å². The number of hydrogen-bond donors (Lipinski definition) is 2. The number of carbonyl (C=O) groups is 2. The van der Waals surface area contributed by atoms with Gasteiger partial charge in [-0.15, -0.1) is 10.2 Å². The van der Waals surface area contributed by atoms with Gasteiger partial charge in [0, 0.05) is 42.3 Å². The first kappa shape index (κ1) is 25.8. The van der Waals surface area contributed by atoms with Crippen LogP contribution in [0.4, 0.5) is 24.7 Å². The molecule has 2 N–H and O–H groups in total. The van der Waals surface area contributed by atoms with Crippen LogP contribution in [0.5, 0.6) is 0 Å². The predicted octanol–water partition coefficient (Wildman–Crippen LogP) is 4.30. The third kappa shape index (κ3) is 5.71. The number of pyridine rings is 1. The molecule has 4 heterocycles. The Hall–Kier alpha value is -4.81. The Bertz CT molecular complexity index is 1490. The van der Waals surface area contributed by atoms with Gasteiger partial charge in [0.25, 0.3) is 5.91 Å². The summed E-state index contributed by atoms with van der Waals surface area (Å²) in [6, 6.07) is 13.4. The zero-order valence-electron chi connectivity index (χ0n) is 20.3. The van der Waals surface area contributed by atoms with Gasteiger partial charge in [0.15, 0.2) is 17.3 Å². The molecule has 0 spiro atoms. The molecule has 200 valence electrons. The van der Waals surface area contributed by atoms with Crippen LogP contribution in [0.1, 0.15) is 28.9 Å². The van der Waals surface area contributed by atoms with Crippen LogP contribution in [0.15, 0.2) is 67.0 Å². The Labute approximate surface area is 220 Å². The van der Waals surface area contributed by atoms with Gasteiger partial charge in [-0.1, -0.05) is 6.07 Å². The molecular formula is C26H22F3N7O3. The van der Waals surface area contributed by atoms with Crippen molar-refractivity contribution in [1.29, 1.82) is 0 Å². The molecule has 0 bridgehead atoms. The van der Waals surface area contributed by atoms with Gasteiger partial charge >= 0.3 is 12.1 Å². The van der Waals surface area contributed by atoms with Gasteiger partial charge in [0.05, 0.1) is 11.6 Å². The summed E-state index contributed by atoms with van der Waals surface area (Å²) in [5.74, 6) is -1.97. The topological polar surface area (TPSA) is 126 Å². The average Bonchev–Trinajstić information content (AvgIpc) is 3.41. The number of amides is 1. The minimum atomic E-state index is -4.70. The number of nitrogens with one attached hydrogen (secondary N) is 1. The summed E-state index contributed by atoms with van der Waals surface area (Å²) in [7, 11) is 0. The smallest absolute Gasteiger partial charge is 0.433 e. The second kappa shape index (κ2) is 10.5. The third-order valence-electron chi connectivity index (χ3n) is 6.31. The van der Waals surface area contributed by atoms with Gasteiger partial charge in [-0.3, -0.25) is 14.6 Å². The second-order valence-corrected chi connectivity index (χ2v) is 8.97. The molecule has 1 aliphatic rings. The third-order valence-corrected chi connectivity index (χ3v) is 6.31. The number of aliphatic carboxylic acids is 1. The van der Waals surface area contributed by atoms with E-state index in [1.54, 1.807) is 36.4 Å². The van der Waals surface area contributed by atoms with E-state index in [4.69, 9.17) is 0 Å². The number of anilines is 2.